The molecule has 1 saturated heterocycles. The van der Waals surface area contributed by atoms with Gasteiger partial charge in [0.05, 0.1) is 6.54 Å². The van der Waals surface area contributed by atoms with Crippen LogP contribution in [0.15, 0.2) is 29.4 Å². The van der Waals surface area contributed by atoms with Gasteiger partial charge in [-0.2, -0.15) is 0 Å². The fraction of sp³-hybridized carbons (Fsp3) is 0.632. The summed E-state index contributed by atoms with van der Waals surface area (Å²) in [5, 5.41) is 6.53. The summed E-state index contributed by atoms with van der Waals surface area (Å²) < 4.78 is 0. The lowest BCUT2D eigenvalue weighted by molar-refractivity contribution is -0.134. The van der Waals surface area contributed by atoms with Crippen molar-refractivity contribution >= 4 is 11.9 Å². The number of carbonyl (C=O) groups is 1. The minimum atomic E-state index is 0.222. The van der Waals surface area contributed by atoms with Crippen LogP contribution >= 0.6 is 0 Å². The molecule has 1 aromatic heterocycles. The summed E-state index contributed by atoms with van der Waals surface area (Å²) in [6.45, 7) is 7.15. The van der Waals surface area contributed by atoms with E-state index >= 15 is 0 Å². The smallest absolute Gasteiger partial charge is 0.224 e. The second-order valence-electron chi connectivity index (χ2n) is 6.44. The van der Waals surface area contributed by atoms with E-state index in [9.17, 15) is 4.79 Å². The van der Waals surface area contributed by atoms with Crippen LogP contribution in [0.2, 0.25) is 0 Å². The molecule has 1 aromatic rings. The number of pyridine rings is 1. The molecule has 6 nitrogen and oxygen atoms in total. The standard InChI is InChI=1S/C19H31N5O/c1-3-20-19(22-13-10-17-9-4-6-12-21-17)23-14-11-18(25)24-15-7-5-8-16(24)2/h4,6,9,12,16H,3,5,7-8,10-11,13-15H2,1-2H3,(H2,20,22,23). The van der Waals surface area contributed by atoms with Crippen LogP contribution in [-0.4, -0.2) is 54.0 Å². The minimum Gasteiger partial charge on any atom is -0.357 e. The SMILES string of the molecule is CCNC(=NCCC(=O)N1CCCCC1C)NCCc1ccccn1. The van der Waals surface area contributed by atoms with Crippen molar-refractivity contribution in [3.8, 4) is 0 Å². The van der Waals surface area contributed by atoms with E-state index in [-0.39, 0.29) is 5.91 Å². The average molecular weight is 345 g/mol. The number of aliphatic imine (C=N–C) groups is 1. The van der Waals surface area contributed by atoms with Crippen LogP contribution in [0.1, 0.15) is 45.2 Å². The first-order valence-electron chi connectivity index (χ1n) is 9.42. The van der Waals surface area contributed by atoms with Crippen molar-refractivity contribution in [2.75, 3.05) is 26.2 Å². The van der Waals surface area contributed by atoms with Gasteiger partial charge in [-0.25, -0.2) is 0 Å². The molecule has 2 rings (SSSR count). The van der Waals surface area contributed by atoms with Gasteiger partial charge >= 0.3 is 0 Å². The normalized spacial score (nSPS) is 18.1. The van der Waals surface area contributed by atoms with Gasteiger partial charge in [-0.15, -0.1) is 0 Å². The van der Waals surface area contributed by atoms with E-state index in [0.29, 0.717) is 19.0 Å². The Morgan fingerprint density at radius 1 is 1.36 bits per heavy atom. The van der Waals surface area contributed by atoms with Crippen LogP contribution in [0.25, 0.3) is 0 Å². The van der Waals surface area contributed by atoms with Crippen LogP contribution in [0.5, 0.6) is 0 Å². The highest BCUT2D eigenvalue weighted by Gasteiger charge is 2.22. The maximum Gasteiger partial charge on any atom is 0.224 e. The van der Waals surface area contributed by atoms with Crippen LogP contribution < -0.4 is 10.6 Å². The van der Waals surface area contributed by atoms with E-state index in [1.165, 1.54) is 6.42 Å². The molecule has 1 atom stereocenters. The Bertz CT molecular complexity index is 546. The van der Waals surface area contributed by atoms with Crippen molar-refractivity contribution in [3.05, 3.63) is 30.1 Å². The quantitative estimate of drug-likeness (QED) is 0.585. The summed E-state index contributed by atoms with van der Waals surface area (Å²) in [6, 6.07) is 6.30. The number of carbonyl (C=O) groups excluding carboxylic acids is 1. The number of rotatable bonds is 7. The Kier molecular flexibility index (Phi) is 8.22. The molecule has 0 spiro atoms. The molecule has 2 N–H and O–H groups in total. The number of nitrogens with one attached hydrogen (secondary N) is 2. The summed E-state index contributed by atoms with van der Waals surface area (Å²) in [5.41, 5.74) is 1.06. The van der Waals surface area contributed by atoms with Crippen molar-refractivity contribution in [2.45, 2.75) is 52.0 Å². The van der Waals surface area contributed by atoms with E-state index in [2.05, 4.69) is 27.5 Å². The second kappa shape index (κ2) is 10.7. The molecule has 1 fully saturated rings. The second-order valence-corrected chi connectivity index (χ2v) is 6.44. The van der Waals surface area contributed by atoms with E-state index in [1.807, 2.05) is 36.2 Å². The third-order valence-corrected chi connectivity index (χ3v) is 4.46. The molecule has 1 aliphatic rings. The van der Waals surface area contributed by atoms with Gasteiger partial charge in [-0.3, -0.25) is 14.8 Å². The van der Waals surface area contributed by atoms with Crippen LogP contribution in [0.4, 0.5) is 0 Å². The van der Waals surface area contributed by atoms with Crippen molar-refractivity contribution in [1.82, 2.24) is 20.5 Å². The Labute approximate surface area is 151 Å². The predicted octanol–water partition coefficient (Wildman–Crippen LogP) is 1.97. The Hall–Kier alpha value is -2.11. The Morgan fingerprint density at radius 2 is 2.24 bits per heavy atom. The molecule has 0 aromatic carbocycles. The van der Waals surface area contributed by atoms with E-state index < -0.39 is 0 Å². The molecule has 6 heteroatoms. The van der Waals surface area contributed by atoms with Gasteiger partial charge in [0, 0.05) is 50.4 Å². The van der Waals surface area contributed by atoms with Crippen molar-refractivity contribution in [3.63, 3.8) is 0 Å². The van der Waals surface area contributed by atoms with Gasteiger partial charge in [0.15, 0.2) is 5.96 Å². The van der Waals surface area contributed by atoms with E-state index in [0.717, 1.165) is 50.6 Å². The maximum atomic E-state index is 12.4. The van der Waals surface area contributed by atoms with Crippen LogP contribution in [0, 0.1) is 0 Å². The lowest BCUT2D eigenvalue weighted by atomic mass is 10.0. The third-order valence-electron chi connectivity index (χ3n) is 4.46. The van der Waals surface area contributed by atoms with Crippen molar-refractivity contribution in [2.24, 2.45) is 4.99 Å². The lowest BCUT2D eigenvalue weighted by Crippen LogP contribution is -2.42. The molecular weight excluding hydrogens is 314 g/mol. The first-order chi connectivity index (χ1) is 12.2. The summed E-state index contributed by atoms with van der Waals surface area (Å²) in [4.78, 5) is 23.2. The number of likely N-dealkylation sites (tertiary alicyclic amines) is 1. The number of piperidine rings is 1. The van der Waals surface area contributed by atoms with Gasteiger partial charge in [0.2, 0.25) is 5.91 Å². The van der Waals surface area contributed by atoms with Gasteiger partial charge in [-0.05, 0) is 45.2 Å². The molecule has 0 saturated carbocycles. The van der Waals surface area contributed by atoms with Gasteiger partial charge in [0.1, 0.15) is 0 Å². The maximum absolute atomic E-state index is 12.4. The number of hydrogen-bond acceptors (Lipinski definition) is 3. The zero-order chi connectivity index (χ0) is 17.9. The molecule has 2 heterocycles. The number of amides is 1. The number of aromatic nitrogens is 1. The third kappa shape index (κ3) is 6.72. The molecule has 138 valence electrons. The molecule has 0 aliphatic carbocycles. The van der Waals surface area contributed by atoms with Gasteiger partial charge < -0.3 is 15.5 Å². The summed E-state index contributed by atoms with van der Waals surface area (Å²) >= 11 is 0. The fourth-order valence-corrected chi connectivity index (χ4v) is 3.07. The zero-order valence-electron chi connectivity index (χ0n) is 15.5. The molecule has 0 bridgehead atoms. The van der Waals surface area contributed by atoms with Crippen LogP contribution in [0.3, 0.4) is 0 Å². The highest BCUT2D eigenvalue weighted by Crippen LogP contribution is 2.17. The average Bonchev–Trinajstić information content (AvgIpc) is 2.63. The van der Waals surface area contributed by atoms with Gasteiger partial charge in [0.25, 0.3) is 0 Å². The zero-order valence-corrected chi connectivity index (χ0v) is 15.5. The predicted molar refractivity (Wildman–Crippen MR) is 102 cm³/mol. The van der Waals surface area contributed by atoms with E-state index in [1.54, 1.807) is 0 Å². The topological polar surface area (TPSA) is 69.6 Å². The van der Waals surface area contributed by atoms with Crippen molar-refractivity contribution in [1.29, 1.82) is 0 Å². The van der Waals surface area contributed by atoms with Gasteiger partial charge in [-0.1, -0.05) is 6.07 Å². The fourth-order valence-electron chi connectivity index (χ4n) is 3.07. The molecule has 25 heavy (non-hydrogen) atoms. The molecular formula is C19H31N5O. The molecule has 1 unspecified atom stereocenters. The summed E-state index contributed by atoms with van der Waals surface area (Å²) in [7, 11) is 0. The number of nitrogens with zero attached hydrogens (tertiary/aromatic N) is 3. The van der Waals surface area contributed by atoms with E-state index in [4.69, 9.17) is 0 Å². The molecule has 1 amide bonds. The number of hydrogen-bond donors (Lipinski definition) is 2. The summed E-state index contributed by atoms with van der Waals surface area (Å²) in [5.74, 6) is 0.984. The highest BCUT2D eigenvalue weighted by atomic mass is 16.2. The molecule has 0 radical (unpaired) electrons. The minimum absolute atomic E-state index is 0.222. The first-order valence-corrected chi connectivity index (χ1v) is 9.42. The highest BCUT2D eigenvalue weighted by molar-refractivity contribution is 5.81. The van der Waals surface area contributed by atoms with Crippen LogP contribution in [-0.2, 0) is 11.2 Å². The first kappa shape index (κ1) is 19.2. The lowest BCUT2D eigenvalue weighted by Gasteiger charge is -2.33. The largest absolute Gasteiger partial charge is 0.357 e. The Balaban J connectivity index is 1.75. The Morgan fingerprint density at radius 3 is 2.96 bits per heavy atom. The number of guanidine groups is 1. The van der Waals surface area contributed by atoms with Crippen molar-refractivity contribution < 1.29 is 4.79 Å². The molecule has 1 aliphatic heterocycles. The summed E-state index contributed by atoms with van der Waals surface area (Å²) in [6.07, 6.45) is 6.59. The monoisotopic (exact) mass is 345 g/mol.